The van der Waals surface area contributed by atoms with Crippen LogP contribution in [-0.4, -0.2) is 35.6 Å². The summed E-state index contributed by atoms with van der Waals surface area (Å²) in [5, 5.41) is 15.5. The molecule has 2 bridgehead atoms. The molecule has 0 saturated carbocycles. The Balaban J connectivity index is 1.83. The molecule has 0 radical (unpaired) electrons. The fourth-order valence-electron chi connectivity index (χ4n) is 3.45. The van der Waals surface area contributed by atoms with E-state index in [-0.39, 0.29) is 23.8 Å². The minimum atomic E-state index is -0.828. The van der Waals surface area contributed by atoms with Crippen LogP contribution >= 0.6 is 0 Å². The number of hydrogen-bond donors (Lipinski definition) is 3. The first-order valence-corrected chi connectivity index (χ1v) is 7.53. The second-order valence-electron chi connectivity index (χ2n) is 7.43. The molecule has 2 rings (SSSR count). The molecular formula is C15H26N2O3. The van der Waals surface area contributed by atoms with Crippen molar-refractivity contribution < 1.29 is 14.7 Å². The van der Waals surface area contributed by atoms with Crippen LogP contribution in [0.5, 0.6) is 0 Å². The van der Waals surface area contributed by atoms with Crippen molar-refractivity contribution in [2.75, 3.05) is 6.54 Å². The van der Waals surface area contributed by atoms with E-state index in [1.54, 1.807) is 0 Å². The van der Waals surface area contributed by atoms with Gasteiger partial charge in [0.15, 0.2) is 0 Å². The van der Waals surface area contributed by atoms with Crippen LogP contribution in [-0.2, 0) is 9.59 Å². The van der Waals surface area contributed by atoms with Gasteiger partial charge in [-0.3, -0.25) is 9.59 Å². The van der Waals surface area contributed by atoms with E-state index in [9.17, 15) is 14.7 Å². The van der Waals surface area contributed by atoms with Crippen LogP contribution in [0.4, 0.5) is 0 Å². The second kappa shape index (κ2) is 5.72. The van der Waals surface area contributed by atoms with Crippen molar-refractivity contribution in [1.29, 1.82) is 0 Å². The molecule has 5 heteroatoms. The van der Waals surface area contributed by atoms with Crippen LogP contribution in [0, 0.1) is 17.3 Å². The minimum Gasteiger partial charge on any atom is -0.481 e. The topological polar surface area (TPSA) is 78.4 Å². The van der Waals surface area contributed by atoms with Gasteiger partial charge in [0.25, 0.3) is 0 Å². The quantitative estimate of drug-likeness (QED) is 0.712. The predicted molar refractivity (Wildman–Crippen MR) is 76.3 cm³/mol. The van der Waals surface area contributed by atoms with Crippen LogP contribution in [0.2, 0.25) is 0 Å². The molecule has 0 aromatic heterocycles. The molecule has 2 aliphatic heterocycles. The van der Waals surface area contributed by atoms with Crippen molar-refractivity contribution in [3.8, 4) is 0 Å². The van der Waals surface area contributed by atoms with Gasteiger partial charge in [-0.15, -0.1) is 0 Å². The van der Waals surface area contributed by atoms with Gasteiger partial charge in [0.05, 0.1) is 11.8 Å². The second-order valence-corrected chi connectivity index (χ2v) is 7.43. The first-order valence-electron chi connectivity index (χ1n) is 7.53. The third-order valence-corrected chi connectivity index (χ3v) is 4.37. The van der Waals surface area contributed by atoms with E-state index in [4.69, 9.17) is 0 Å². The number of fused-ring (bicyclic) bond motifs is 2. The number of aliphatic carboxylic acids is 1. The Kier molecular flexibility index (Phi) is 4.37. The van der Waals surface area contributed by atoms with Gasteiger partial charge >= 0.3 is 5.97 Å². The molecule has 4 atom stereocenters. The highest BCUT2D eigenvalue weighted by Gasteiger charge is 2.42. The number of nitrogens with one attached hydrogen (secondary N) is 2. The Hall–Kier alpha value is -1.10. The fraction of sp³-hybridized carbons (Fsp3) is 0.867. The van der Waals surface area contributed by atoms with Crippen molar-refractivity contribution in [3.63, 3.8) is 0 Å². The van der Waals surface area contributed by atoms with Crippen LogP contribution in [0.1, 0.15) is 46.5 Å². The predicted octanol–water partition coefficient (Wildman–Crippen LogP) is 1.38. The summed E-state index contributed by atoms with van der Waals surface area (Å²) in [5.41, 5.74) is -0.0538. The number of carboxylic acid groups (broad SMARTS) is 1. The molecule has 2 aliphatic rings. The zero-order chi connectivity index (χ0) is 14.9. The number of carbonyl (C=O) groups excluding carboxylic acids is 1. The first kappa shape index (κ1) is 15.3. The molecule has 1 amide bonds. The largest absolute Gasteiger partial charge is 0.481 e. The summed E-state index contributed by atoms with van der Waals surface area (Å²) in [6.45, 7) is 6.29. The molecular weight excluding hydrogens is 256 g/mol. The van der Waals surface area contributed by atoms with Crippen molar-refractivity contribution >= 4 is 11.9 Å². The van der Waals surface area contributed by atoms with E-state index in [2.05, 4.69) is 10.6 Å². The van der Waals surface area contributed by atoms with Crippen molar-refractivity contribution in [2.24, 2.45) is 17.3 Å². The maximum atomic E-state index is 12.2. The number of amides is 1. The summed E-state index contributed by atoms with van der Waals surface area (Å²) in [4.78, 5) is 23.5. The molecule has 2 saturated heterocycles. The molecule has 5 nitrogen and oxygen atoms in total. The van der Waals surface area contributed by atoms with Crippen molar-refractivity contribution in [2.45, 2.75) is 58.5 Å². The highest BCUT2D eigenvalue weighted by molar-refractivity contribution is 5.81. The van der Waals surface area contributed by atoms with E-state index in [1.807, 2.05) is 20.8 Å². The molecule has 114 valence electrons. The lowest BCUT2D eigenvalue weighted by atomic mass is 9.84. The van der Waals surface area contributed by atoms with Crippen LogP contribution in [0.15, 0.2) is 0 Å². The van der Waals surface area contributed by atoms with Crippen molar-refractivity contribution in [1.82, 2.24) is 10.6 Å². The summed E-state index contributed by atoms with van der Waals surface area (Å²) in [7, 11) is 0. The van der Waals surface area contributed by atoms with Crippen LogP contribution in [0.25, 0.3) is 0 Å². The molecule has 0 aromatic carbocycles. The minimum absolute atomic E-state index is 0.0184. The third-order valence-electron chi connectivity index (χ3n) is 4.37. The molecule has 2 fully saturated rings. The molecule has 2 heterocycles. The molecule has 3 N–H and O–H groups in total. The van der Waals surface area contributed by atoms with Gasteiger partial charge in [0.1, 0.15) is 0 Å². The molecule has 0 spiro atoms. The zero-order valence-electron chi connectivity index (χ0n) is 12.6. The average Bonchev–Trinajstić information content (AvgIpc) is 2.94. The maximum absolute atomic E-state index is 12.2. The highest BCUT2D eigenvalue weighted by Crippen LogP contribution is 2.33. The maximum Gasteiger partial charge on any atom is 0.308 e. The Labute approximate surface area is 120 Å². The lowest BCUT2D eigenvalue weighted by Gasteiger charge is -2.25. The Morgan fingerprint density at radius 1 is 1.35 bits per heavy atom. The first-order chi connectivity index (χ1) is 9.26. The molecule has 4 unspecified atom stereocenters. The van der Waals surface area contributed by atoms with Crippen LogP contribution in [0.3, 0.4) is 0 Å². The van der Waals surface area contributed by atoms with Crippen LogP contribution < -0.4 is 10.6 Å². The summed E-state index contributed by atoms with van der Waals surface area (Å²) < 4.78 is 0. The lowest BCUT2D eigenvalue weighted by molar-refractivity contribution is -0.142. The monoisotopic (exact) mass is 282 g/mol. The Morgan fingerprint density at radius 3 is 2.50 bits per heavy atom. The Bertz CT molecular complexity index is 389. The Morgan fingerprint density at radius 2 is 2.05 bits per heavy atom. The molecule has 0 aliphatic carbocycles. The van der Waals surface area contributed by atoms with E-state index in [1.165, 1.54) is 0 Å². The number of rotatable bonds is 5. The average molecular weight is 282 g/mol. The highest BCUT2D eigenvalue weighted by atomic mass is 16.4. The van der Waals surface area contributed by atoms with Crippen molar-refractivity contribution in [3.05, 3.63) is 0 Å². The van der Waals surface area contributed by atoms with E-state index in [0.717, 1.165) is 19.3 Å². The summed E-state index contributed by atoms with van der Waals surface area (Å²) in [5.74, 6) is -1.29. The lowest BCUT2D eigenvalue weighted by Crippen LogP contribution is -2.41. The van der Waals surface area contributed by atoms with Gasteiger partial charge in [-0.2, -0.15) is 0 Å². The van der Waals surface area contributed by atoms with E-state index < -0.39 is 11.9 Å². The summed E-state index contributed by atoms with van der Waals surface area (Å²) >= 11 is 0. The fourth-order valence-corrected chi connectivity index (χ4v) is 3.45. The van der Waals surface area contributed by atoms with E-state index >= 15 is 0 Å². The van der Waals surface area contributed by atoms with Gasteiger partial charge in [-0.1, -0.05) is 20.8 Å². The molecule has 0 aromatic rings. The number of carboxylic acids is 1. The van der Waals surface area contributed by atoms with Gasteiger partial charge < -0.3 is 15.7 Å². The third kappa shape index (κ3) is 3.72. The molecule has 20 heavy (non-hydrogen) atoms. The SMILES string of the molecule is CC(C)(C)CC(CNC(=O)C1CC2CCC1N2)C(=O)O. The van der Waals surface area contributed by atoms with Gasteiger partial charge in [-0.05, 0) is 31.1 Å². The number of carbonyl (C=O) groups is 2. The standard InChI is InChI=1S/C15H26N2O3/c1-15(2,3)7-9(14(19)20)8-16-13(18)11-6-10-4-5-12(11)17-10/h9-12,17H,4-8H2,1-3H3,(H,16,18)(H,19,20). The smallest absolute Gasteiger partial charge is 0.308 e. The van der Waals surface area contributed by atoms with Gasteiger partial charge in [-0.25, -0.2) is 0 Å². The summed E-state index contributed by atoms with van der Waals surface area (Å²) in [6.07, 6.45) is 3.69. The van der Waals surface area contributed by atoms with Gasteiger partial charge in [0, 0.05) is 18.6 Å². The normalized spacial score (nSPS) is 30.2. The van der Waals surface area contributed by atoms with Gasteiger partial charge in [0.2, 0.25) is 5.91 Å². The zero-order valence-corrected chi connectivity index (χ0v) is 12.6. The number of hydrogen-bond acceptors (Lipinski definition) is 3. The summed E-state index contributed by atoms with van der Waals surface area (Å²) in [6, 6.07) is 0.784. The van der Waals surface area contributed by atoms with E-state index in [0.29, 0.717) is 18.5 Å².